The molecule has 3 saturated heterocycles. The van der Waals surface area contributed by atoms with Gasteiger partial charge in [0.25, 0.3) is 0 Å². The first-order valence-corrected chi connectivity index (χ1v) is 17.2. The van der Waals surface area contributed by atoms with E-state index in [1.807, 2.05) is 39.9 Å². The number of nitrogens with zero attached hydrogens (tertiary/aromatic N) is 3. The molecular weight excluding hydrogens is 619 g/mol. The smallest absolute Gasteiger partial charge is 0.404 e. The van der Waals surface area contributed by atoms with E-state index >= 15 is 0 Å². The Morgan fingerprint density at radius 3 is 2.38 bits per heavy atom. The third-order valence-electron chi connectivity index (χ3n) is 10.7. The van der Waals surface area contributed by atoms with Crippen LogP contribution < -0.4 is 0 Å². The van der Waals surface area contributed by atoms with Crippen LogP contribution in [0.2, 0.25) is 0 Å². The zero-order valence-corrected chi connectivity index (χ0v) is 30.1. The number of rotatable bonds is 8. The van der Waals surface area contributed by atoms with Crippen LogP contribution in [0.4, 0.5) is 13.2 Å². The molecule has 1 N–H and O–H groups in total. The summed E-state index contributed by atoms with van der Waals surface area (Å²) in [6.45, 7) is 12.0. The summed E-state index contributed by atoms with van der Waals surface area (Å²) < 4.78 is 65.2. The number of carbonyl (C=O) groups excluding carboxylic acids is 2. The maximum absolute atomic E-state index is 14.2. The van der Waals surface area contributed by atoms with Crippen molar-refractivity contribution in [2.75, 3.05) is 54.5 Å². The summed E-state index contributed by atoms with van der Waals surface area (Å²) in [7, 11) is 7.27. The maximum atomic E-state index is 14.2. The third-order valence-corrected chi connectivity index (χ3v) is 10.7. The lowest BCUT2D eigenvalue weighted by molar-refractivity contribution is -0.295. The van der Waals surface area contributed by atoms with Crippen molar-refractivity contribution in [3.63, 3.8) is 0 Å². The fourth-order valence-electron chi connectivity index (χ4n) is 7.89. The highest BCUT2D eigenvalue weighted by Gasteiger charge is 2.51. The summed E-state index contributed by atoms with van der Waals surface area (Å²) >= 11 is 0. The van der Waals surface area contributed by atoms with E-state index in [-0.39, 0.29) is 42.9 Å². The molecule has 274 valence electrons. The summed E-state index contributed by atoms with van der Waals surface area (Å²) in [5.74, 6) is -1.88. The molecule has 10 atom stereocenters. The minimum Gasteiger partial charge on any atom is -0.463 e. The molecule has 0 unspecified atom stereocenters. The van der Waals surface area contributed by atoms with Crippen LogP contribution >= 0.6 is 0 Å². The van der Waals surface area contributed by atoms with E-state index in [9.17, 15) is 27.9 Å². The number of aliphatic hydroxyl groups excluding tert-OH is 1. The highest BCUT2D eigenvalue weighted by atomic mass is 19.4. The SMILES string of the molecule is CO[C@]1(C)C[C@@H](C)CN(C)[C@@H](CCCN2CCC[C@@H]2C(F)(F)F)COC(=O)C(C)(C)C(=O)[C@H](C)[C@H]1O[C@@H]1O[C@H](C)C[C@H](N(C)C)[C@H]1O. The van der Waals surface area contributed by atoms with E-state index in [0.29, 0.717) is 51.7 Å². The van der Waals surface area contributed by atoms with E-state index in [1.54, 1.807) is 14.0 Å². The molecule has 0 amide bonds. The number of cyclic esters (lactones) is 1. The van der Waals surface area contributed by atoms with Gasteiger partial charge in [-0.15, -0.1) is 0 Å². The van der Waals surface area contributed by atoms with Crippen molar-refractivity contribution in [3.05, 3.63) is 0 Å². The van der Waals surface area contributed by atoms with E-state index in [2.05, 4.69) is 11.8 Å². The van der Waals surface area contributed by atoms with E-state index in [1.165, 1.54) is 18.7 Å². The number of ketones is 1. The number of esters is 1. The Hall–Kier alpha value is -1.35. The Morgan fingerprint density at radius 2 is 1.79 bits per heavy atom. The molecule has 0 aromatic rings. The lowest BCUT2D eigenvalue weighted by atomic mass is 9.74. The van der Waals surface area contributed by atoms with Gasteiger partial charge in [-0.1, -0.05) is 13.8 Å². The van der Waals surface area contributed by atoms with Gasteiger partial charge in [0.15, 0.2) is 12.1 Å². The number of Topliss-reactive ketones (excluding diaryl/α,β-unsaturated/α-hetero) is 1. The number of hydrogen-bond donors (Lipinski definition) is 1. The second kappa shape index (κ2) is 16.1. The first-order valence-electron chi connectivity index (χ1n) is 17.2. The van der Waals surface area contributed by atoms with Crippen LogP contribution in [0.25, 0.3) is 0 Å². The summed E-state index contributed by atoms with van der Waals surface area (Å²) in [6.07, 6.45) is -4.58. The van der Waals surface area contributed by atoms with Crippen LogP contribution in [0.5, 0.6) is 0 Å². The standard InChI is InChI=1S/C34H60F3N3O7/c1-21-18-33(6,44-10)29(47-30-27(41)25(38(7)8)17-22(2)46-30)23(3)28(42)32(4,5)31(43)45-20-24(39(9)19-21)13-11-15-40-16-12-14-26(40)34(35,36)37/h21-27,29-30,41H,11-20H2,1-10H3/t21-,22-,23+,24+,25+,26-,27-,29-,30+,33-/m1/s1. The molecule has 0 radical (unpaired) electrons. The molecular formula is C34H60F3N3O7. The Bertz CT molecular complexity index is 1050. The van der Waals surface area contributed by atoms with E-state index in [4.69, 9.17) is 18.9 Å². The van der Waals surface area contributed by atoms with Crippen molar-refractivity contribution in [2.45, 2.75) is 135 Å². The largest absolute Gasteiger partial charge is 0.463 e. The summed E-state index contributed by atoms with van der Waals surface area (Å²) in [6, 6.07) is -1.89. The molecule has 0 aromatic heterocycles. The predicted octanol–water partition coefficient (Wildman–Crippen LogP) is 4.12. The second-order valence-corrected chi connectivity index (χ2v) is 15.3. The molecule has 3 aliphatic heterocycles. The van der Waals surface area contributed by atoms with Gasteiger partial charge in [-0.2, -0.15) is 13.2 Å². The normalized spacial score (nSPS) is 38.9. The molecule has 47 heavy (non-hydrogen) atoms. The Kier molecular flexibility index (Phi) is 13.7. The van der Waals surface area contributed by atoms with Crippen LogP contribution in [0.15, 0.2) is 0 Å². The van der Waals surface area contributed by atoms with Crippen LogP contribution in [0.1, 0.15) is 80.1 Å². The predicted molar refractivity (Wildman–Crippen MR) is 172 cm³/mol. The van der Waals surface area contributed by atoms with Crippen molar-refractivity contribution in [1.29, 1.82) is 0 Å². The molecule has 10 nitrogen and oxygen atoms in total. The van der Waals surface area contributed by atoms with Crippen molar-refractivity contribution in [2.24, 2.45) is 17.3 Å². The van der Waals surface area contributed by atoms with Crippen LogP contribution in [-0.4, -0.2) is 141 Å². The number of likely N-dealkylation sites (tertiary alicyclic amines) is 1. The number of ether oxygens (including phenoxy) is 4. The van der Waals surface area contributed by atoms with Crippen LogP contribution in [0, 0.1) is 17.3 Å². The molecule has 0 saturated carbocycles. The fraction of sp³-hybridized carbons (Fsp3) is 0.941. The second-order valence-electron chi connectivity index (χ2n) is 15.3. The average molecular weight is 680 g/mol. The van der Waals surface area contributed by atoms with Crippen LogP contribution in [-0.2, 0) is 28.5 Å². The van der Waals surface area contributed by atoms with Gasteiger partial charge in [-0.05, 0) is 106 Å². The topological polar surface area (TPSA) is 101 Å². The first kappa shape index (κ1) is 40.1. The van der Waals surface area contributed by atoms with Gasteiger partial charge in [-0.3, -0.25) is 19.4 Å². The van der Waals surface area contributed by atoms with Gasteiger partial charge in [-0.25, -0.2) is 0 Å². The molecule has 0 aliphatic carbocycles. The number of halogens is 3. The van der Waals surface area contributed by atoms with Crippen molar-refractivity contribution >= 4 is 11.8 Å². The van der Waals surface area contributed by atoms with Crippen molar-refractivity contribution < 1.29 is 46.8 Å². The number of carbonyl (C=O) groups is 2. The quantitative estimate of drug-likeness (QED) is 0.298. The zero-order valence-electron chi connectivity index (χ0n) is 30.1. The number of aliphatic hydroxyl groups is 1. The minimum atomic E-state index is -4.25. The summed E-state index contributed by atoms with van der Waals surface area (Å²) in [4.78, 5) is 33.2. The Balaban J connectivity index is 1.87. The Labute approximate surface area is 279 Å². The third kappa shape index (κ3) is 9.67. The lowest BCUT2D eigenvalue weighted by Crippen LogP contribution is -2.59. The number of alkyl halides is 3. The number of methoxy groups -OCH3 is 1. The molecule has 0 aromatic carbocycles. The molecule has 0 bridgehead atoms. The van der Waals surface area contributed by atoms with Gasteiger partial charge in [0.05, 0.1) is 17.8 Å². The molecule has 3 aliphatic rings. The Morgan fingerprint density at radius 1 is 1.13 bits per heavy atom. The van der Waals surface area contributed by atoms with Gasteiger partial charge < -0.3 is 29.0 Å². The average Bonchev–Trinajstić information content (AvgIpc) is 3.46. The van der Waals surface area contributed by atoms with Crippen molar-refractivity contribution in [1.82, 2.24) is 14.7 Å². The number of likely N-dealkylation sites (N-methyl/N-ethyl adjacent to an activating group) is 2. The van der Waals surface area contributed by atoms with Gasteiger partial charge in [0.1, 0.15) is 24.2 Å². The highest BCUT2D eigenvalue weighted by Crippen LogP contribution is 2.38. The minimum absolute atomic E-state index is 0.0171. The van der Waals surface area contributed by atoms with E-state index in [0.717, 1.165) is 0 Å². The fourth-order valence-corrected chi connectivity index (χ4v) is 7.89. The zero-order chi connectivity index (χ0) is 35.5. The van der Waals surface area contributed by atoms with E-state index < -0.39 is 53.6 Å². The molecule has 3 rings (SSSR count). The molecule has 3 fully saturated rings. The van der Waals surface area contributed by atoms with Gasteiger partial charge in [0.2, 0.25) is 0 Å². The highest BCUT2D eigenvalue weighted by molar-refractivity contribution is 6.04. The number of hydrogen-bond acceptors (Lipinski definition) is 10. The van der Waals surface area contributed by atoms with Gasteiger partial charge in [0, 0.05) is 31.7 Å². The summed E-state index contributed by atoms with van der Waals surface area (Å²) in [5.41, 5.74) is -2.54. The van der Waals surface area contributed by atoms with Crippen molar-refractivity contribution in [3.8, 4) is 0 Å². The molecule has 3 heterocycles. The molecule has 0 spiro atoms. The summed E-state index contributed by atoms with van der Waals surface area (Å²) in [5, 5.41) is 11.3. The first-order chi connectivity index (χ1) is 21.7. The monoisotopic (exact) mass is 679 g/mol. The molecule has 13 heteroatoms. The van der Waals surface area contributed by atoms with Gasteiger partial charge >= 0.3 is 12.1 Å². The van der Waals surface area contributed by atoms with Crippen LogP contribution in [0.3, 0.4) is 0 Å². The maximum Gasteiger partial charge on any atom is 0.404 e. The lowest BCUT2D eigenvalue weighted by Gasteiger charge is -2.47.